The van der Waals surface area contributed by atoms with Gasteiger partial charge < -0.3 is 0 Å². The normalized spacial score (nSPS) is 12.3. The van der Waals surface area contributed by atoms with Crippen LogP contribution in [0.15, 0.2) is 58.6 Å². The molecule has 0 bridgehead atoms. The maximum atomic E-state index is 6.36. The molecule has 100 valence electrons. The third kappa shape index (κ3) is 2.77. The maximum absolute atomic E-state index is 6.36. The monoisotopic (exact) mass is 364 g/mol. The van der Waals surface area contributed by atoms with Crippen molar-refractivity contribution in [3.05, 3.63) is 79.9 Å². The summed E-state index contributed by atoms with van der Waals surface area (Å²) < 4.78 is 1.08. The fourth-order valence-electron chi connectivity index (χ4n) is 2.07. The molecule has 2 heterocycles. The average molecular weight is 366 g/mol. The smallest absolute Gasteiger partial charge is 0.140 e. The zero-order chi connectivity index (χ0) is 13.9. The van der Waals surface area contributed by atoms with E-state index in [0.717, 1.165) is 25.1 Å². The zero-order valence-electron chi connectivity index (χ0n) is 10.3. The topological polar surface area (TPSA) is 25.8 Å². The lowest BCUT2D eigenvalue weighted by Crippen LogP contribution is -2.06. The molecule has 0 aliphatic heterocycles. The van der Waals surface area contributed by atoms with Gasteiger partial charge in [0.2, 0.25) is 0 Å². The first-order chi connectivity index (χ1) is 9.75. The summed E-state index contributed by atoms with van der Waals surface area (Å²) in [5.41, 5.74) is 1.02. The van der Waals surface area contributed by atoms with Gasteiger partial charge in [-0.1, -0.05) is 29.8 Å². The van der Waals surface area contributed by atoms with Crippen molar-refractivity contribution in [2.75, 3.05) is 0 Å². The number of benzene rings is 1. The standard InChI is InChI=1S/C15H10BrClN2S/c16-13-7-6-12(20-13)14(15-18-8-3-9-19-15)10-4-1-2-5-11(10)17/h1-9,14H. The molecular formula is C15H10BrClN2S. The minimum Gasteiger partial charge on any atom is -0.240 e. The number of aromatic nitrogens is 2. The number of hydrogen-bond acceptors (Lipinski definition) is 3. The number of halogens is 2. The van der Waals surface area contributed by atoms with E-state index in [1.54, 1.807) is 23.7 Å². The fraction of sp³-hybridized carbons (Fsp3) is 0.0667. The molecule has 0 saturated heterocycles. The SMILES string of the molecule is Clc1ccccc1C(c1ncccn1)c1ccc(Br)s1. The van der Waals surface area contributed by atoms with E-state index >= 15 is 0 Å². The molecule has 0 aliphatic rings. The Hall–Kier alpha value is -1.23. The Labute approximate surface area is 134 Å². The maximum Gasteiger partial charge on any atom is 0.140 e. The lowest BCUT2D eigenvalue weighted by molar-refractivity contribution is 0.869. The van der Waals surface area contributed by atoms with E-state index in [9.17, 15) is 0 Å². The second-order valence-corrected chi connectivity index (χ2v) is 7.11. The van der Waals surface area contributed by atoms with Gasteiger partial charge in [-0.05, 0) is 45.8 Å². The van der Waals surface area contributed by atoms with Gasteiger partial charge in [0, 0.05) is 22.3 Å². The largest absolute Gasteiger partial charge is 0.240 e. The Bertz CT molecular complexity index is 715. The first kappa shape index (κ1) is 13.7. The van der Waals surface area contributed by atoms with Crippen LogP contribution in [0.2, 0.25) is 5.02 Å². The van der Waals surface area contributed by atoms with Gasteiger partial charge in [-0.15, -0.1) is 11.3 Å². The molecule has 1 aromatic carbocycles. The van der Waals surface area contributed by atoms with Crippen molar-refractivity contribution in [2.45, 2.75) is 5.92 Å². The molecular weight excluding hydrogens is 356 g/mol. The van der Waals surface area contributed by atoms with Crippen molar-refractivity contribution in [3.8, 4) is 0 Å². The van der Waals surface area contributed by atoms with Crippen LogP contribution in [-0.4, -0.2) is 9.97 Å². The second kappa shape index (κ2) is 6.04. The number of thiophene rings is 1. The Kier molecular flexibility index (Phi) is 4.15. The first-order valence-corrected chi connectivity index (χ1v) is 8.01. The van der Waals surface area contributed by atoms with Crippen LogP contribution < -0.4 is 0 Å². The van der Waals surface area contributed by atoms with Crippen molar-refractivity contribution in [1.82, 2.24) is 9.97 Å². The van der Waals surface area contributed by atoms with Crippen LogP contribution in [0.5, 0.6) is 0 Å². The van der Waals surface area contributed by atoms with Gasteiger partial charge in [0.05, 0.1) is 9.70 Å². The van der Waals surface area contributed by atoms with Crippen LogP contribution in [0.25, 0.3) is 0 Å². The summed E-state index contributed by atoms with van der Waals surface area (Å²) in [6.45, 7) is 0. The molecule has 0 amide bonds. The van der Waals surface area contributed by atoms with Crippen molar-refractivity contribution in [2.24, 2.45) is 0 Å². The van der Waals surface area contributed by atoms with Gasteiger partial charge >= 0.3 is 0 Å². The van der Waals surface area contributed by atoms with Gasteiger partial charge in [-0.2, -0.15) is 0 Å². The highest BCUT2D eigenvalue weighted by Crippen LogP contribution is 2.38. The van der Waals surface area contributed by atoms with Gasteiger partial charge in [-0.3, -0.25) is 0 Å². The van der Waals surface area contributed by atoms with E-state index in [4.69, 9.17) is 11.6 Å². The molecule has 0 N–H and O–H groups in total. The van der Waals surface area contributed by atoms with Crippen molar-refractivity contribution < 1.29 is 0 Å². The molecule has 3 rings (SSSR count). The summed E-state index contributed by atoms with van der Waals surface area (Å²) in [6.07, 6.45) is 3.52. The highest BCUT2D eigenvalue weighted by molar-refractivity contribution is 9.11. The van der Waals surface area contributed by atoms with Crippen LogP contribution in [0.1, 0.15) is 22.2 Å². The van der Waals surface area contributed by atoms with E-state index in [1.807, 2.05) is 36.4 Å². The van der Waals surface area contributed by atoms with E-state index in [0.29, 0.717) is 0 Å². The Balaban J connectivity index is 2.16. The van der Waals surface area contributed by atoms with Crippen molar-refractivity contribution in [1.29, 1.82) is 0 Å². The quantitative estimate of drug-likeness (QED) is 0.642. The molecule has 5 heteroatoms. The number of nitrogens with zero attached hydrogens (tertiary/aromatic N) is 2. The summed E-state index contributed by atoms with van der Waals surface area (Å²) in [5.74, 6) is 0.719. The van der Waals surface area contributed by atoms with E-state index in [1.165, 1.54) is 0 Å². The first-order valence-electron chi connectivity index (χ1n) is 6.02. The van der Waals surface area contributed by atoms with Gasteiger partial charge in [0.15, 0.2) is 0 Å². The van der Waals surface area contributed by atoms with Crippen LogP contribution in [0.3, 0.4) is 0 Å². The minimum atomic E-state index is -0.0406. The van der Waals surface area contributed by atoms with E-state index < -0.39 is 0 Å². The second-order valence-electron chi connectivity index (χ2n) is 4.20. The predicted molar refractivity (Wildman–Crippen MR) is 86.4 cm³/mol. The molecule has 1 atom stereocenters. The Morgan fingerprint density at radius 2 is 1.75 bits per heavy atom. The third-order valence-electron chi connectivity index (χ3n) is 2.94. The summed E-state index contributed by atoms with van der Waals surface area (Å²) in [4.78, 5) is 9.97. The summed E-state index contributed by atoms with van der Waals surface area (Å²) in [6, 6.07) is 13.8. The molecule has 0 fully saturated rings. The van der Waals surface area contributed by atoms with Gasteiger partial charge in [-0.25, -0.2) is 9.97 Å². The molecule has 0 radical (unpaired) electrons. The average Bonchev–Trinajstić information content (AvgIpc) is 2.89. The van der Waals surface area contributed by atoms with Crippen LogP contribution in [-0.2, 0) is 0 Å². The highest BCUT2D eigenvalue weighted by Gasteiger charge is 2.23. The van der Waals surface area contributed by atoms with Crippen molar-refractivity contribution in [3.63, 3.8) is 0 Å². The summed E-state index contributed by atoms with van der Waals surface area (Å²) >= 11 is 11.5. The van der Waals surface area contributed by atoms with Crippen LogP contribution in [0.4, 0.5) is 0 Å². The minimum absolute atomic E-state index is 0.0406. The lowest BCUT2D eigenvalue weighted by atomic mass is 9.96. The number of hydrogen-bond donors (Lipinski definition) is 0. The predicted octanol–water partition coefficient (Wildman–Crippen LogP) is 5.13. The summed E-state index contributed by atoms with van der Waals surface area (Å²) in [7, 11) is 0. The van der Waals surface area contributed by atoms with Crippen LogP contribution in [0, 0.1) is 0 Å². The van der Waals surface area contributed by atoms with Crippen LogP contribution >= 0.6 is 38.9 Å². The molecule has 0 spiro atoms. The summed E-state index contributed by atoms with van der Waals surface area (Å²) in [5, 5.41) is 0.731. The Morgan fingerprint density at radius 3 is 2.40 bits per heavy atom. The molecule has 3 aromatic rings. The molecule has 0 aliphatic carbocycles. The van der Waals surface area contributed by atoms with Crippen molar-refractivity contribution >= 4 is 38.9 Å². The Morgan fingerprint density at radius 1 is 1.00 bits per heavy atom. The molecule has 20 heavy (non-hydrogen) atoms. The molecule has 0 saturated carbocycles. The fourth-order valence-corrected chi connectivity index (χ4v) is 3.86. The van der Waals surface area contributed by atoms with Gasteiger partial charge in [0.25, 0.3) is 0 Å². The van der Waals surface area contributed by atoms with E-state index in [-0.39, 0.29) is 5.92 Å². The third-order valence-corrected chi connectivity index (χ3v) is 4.97. The van der Waals surface area contributed by atoms with Gasteiger partial charge in [0.1, 0.15) is 5.82 Å². The zero-order valence-corrected chi connectivity index (χ0v) is 13.5. The number of rotatable bonds is 3. The molecule has 2 nitrogen and oxygen atoms in total. The lowest BCUT2D eigenvalue weighted by Gasteiger charge is -2.15. The molecule has 1 unspecified atom stereocenters. The van der Waals surface area contributed by atoms with E-state index in [2.05, 4.69) is 32.0 Å². The highest BCUT2D eigenvalue weighted by atomic mass is 79.9. The molecule has 2 aromatic heterocycles.